The van der Waals surface area contributed by atoms with Gasteiger partial charge in [-0.15, -0.1) is 0 Å². The summed E-state index contributed by atoms with van der Waals surface area (Å²) in [5, 5.41) is 3.03. The predicted molar refractivity (Wildman–Crippen MR) is 84.7 cm³/mol. The minimum absolute atomic E-state index is 0.142. The van der Waals surface area contributed by atoms with Gasteiger partial charge in [0.25, 0.3) is 0 Å². The third-order valence-corrected chi connectivity index (χ3v) is 7.14. The molecular formula is C16H29NO3S. The van der Waals surface area contributed by atoms with Crippen LogP contribution in [0.5, 0.6) is 0 Å². The largest absolute Gasteiger partial charge is 0.356 e. The lowest BCUT2D eigenvalue weighted by atomic mass is 9.67. The van der Waals surface area contributed by atoms with E-state index in [0.717, 1.165) is 6.42 Å². The van der Waals surface area contributed by atoms with Gasteiger partial charge in [0, 0.05) is 13.0 Å². The lowest BCUT2D eigenvalue weighted by molar-refractivity contribution is -0.123. The van der Waals surface area contributed by atoms with Gasteiger partial charge in [0.15, 0.2) is 0 Å². The molecule has 21 heavy (non-hydrogen) atoms. The summed E-state index contributed by atoms with van der Waals surface area (Å²) in [5.41, 5.74) is 0.272. The molecule has 0 radical (unpaired) electrons. The summed E-state index contributed by atoms with van der Waals surface area (Å²) < 4.78 is 22.8. The number of carbonyl (C=O) groups excluding carboxylic acids is 1. The predicted octanol–water partition coefficient (Wildman–Crippen LogP) is 2.53. The summed E-state index contributed by atoms with van der Waals surface area (Å²) in [5.74, 6) is 1.52. The third kappa shape index (κ3) is 4.97. The van der Waals surface area contributed by atoms with Crippen LogP contribution in [0.15, 0.2) is 0 Å². The Morgan fingerprint density at radius 3 is 2.43 bits per heavy atom. The lowest BCUT2D eigenvalue weighted by Gasteiger charge is -2.38. The highest BCUT2D eigenvalue weighted by Crippen LogP contribution is 2.42. The maximum Gasteiger partial charge on any atom is 0.220 e. The van der Waals surface area contributed by atoms with Crippen molar-refractivity contribution in [1.82, 2.24) is 5.32 Å². The van der Waals surface area contributed by atoms with Gasteiger partial charge >= 0.3 is 0 Å². The average Bonchev–Trinajstić information content (AvgIpc) is 2.40. The monoisotopic (exact) mass is 315 g/mol. The van der Waals surface area contributed by atoms with Crippen LogP contribution in [-0.4, -0.2) is 32.4 Å². The average molecular weight is 315 g/mol. The first-order chi connectivity index (χ1) is 9.78. The molecule has 1 unspecified atom stereocenters. The van der Waals surface area contributed by atoms with Gasteiger partial charge in [0.05, 0.1) is 11.5 Å². The van der Waals surface area contributed by atoms with E-state index in [-0.39, 0.29) is 22.8 Å². The first kappa shape index (κ1) is 16.8. The maximum absolute atomic E-state index is 12.1. The highest BCUT2D eigenvalue weighted by atomic mass is 32.2. The van der Waals surface area contributed by atoms with Gasteiger partial charge in [-0.25, -0.2) is 8.42 Å². The summed E-state index contributed by atoms with van der Waals surface area (Å²) in [6.45, 7) is 5.19. The van der Waals surface area contributed by atoms with Gasteiger partial charge in [-0.05, 0) is 42.9 Å². The molecular weight excluding hydrogens is 286 g/mol. The van der Waals surface area contributed by atoms with E-state index >= 15 is 0 Å². The van der Waals surface area contributed by atoms with Crippen LogP contribution in [0.3, 0.4) is 0 Å². The molecule has 1 atom stereocenters. The van der Waals surface area contributed by atoms with Crippen molar-refractivity contribution in [3.05, 3.63) is 0 Å². The minimum atomic E-state index is -2.81. The molecule has 0 aromatic heterocycles. The molecule has 2 aliphatic rings. The molecule has 1 aliphatic carbocycles. The van der Waals surface area contributed by atoms with Crippen molar-refractivity contribution in [1.29, 1.82) is 0 Å². The quantitative estimate of drug-likeness (QED) is 0.867. The van der Waals surface area contributed by atoms with E-state index in [0.29, 0.717) is 37.6 Å². The van der Waals surface area contributed by atoms with E-state index < -0.39 is 9.84 Å². The fourth-order valence-electron chi connectivity index (χ4n) is 3.64. The number of hydrogen-bond acceptors (Lipinski definition) is 3. The molecule has 5 heteroatoms. The molecule has 4 nitrogen and oxygen atoms in total. The second-order valence-electron chi connectivity index (χ2n) is 7.53. The van der Waals surface area contributed by atoms with E-state index in [1.54, 1.807) is 0 Å². The molecule has 1 heterocycles. The van der Waals surface area contributed by atoms with Crippen molar-refractivity contribution >= 4 is 15.7 Å². The molecule has 1 saturated carbocycles. The third-order valence-electron chi connectivity index (χ3n) is 5.42. The first-order valence-corrected chi connectivity index (χ1v) is 10.1. The summed E-state index contributed by atoms with van der Waals surface area (Å²) in [4.78, 5) is 12.1. The zero-order valence-electron chi connectivity index (χ0n) is 13.4. The Balaban J connectivity index is 1.73. The number of sulfone groups is 1. The lowest BCUT2D eigenvalue weighted by Crippen LogP contribution is -2.37. The topological polar surface area (TPSA) is 63.2 Å². The first-order valence-electron chi connectivity index (χ1n) is 8.26. The van der Waals surface area contributed by atoms with Crippen LogP contribution < -0.4 is 5.32 Å². The molecule has 0 bridgehead atoms. The Morgan fingerprint density at radius 2 is 1.81 bits per heavy atom. The molecule has 0 aromatic carbocycles. The van der Waals surface area contributed by atoms with Gasteiger partial charge in [0.2, 0.25) is 5.91 Å². The zero-order chi connectivity index (χ0) is 15.5. The molecule has 0 aromatic rings. The van der Waals surface area contributed by atoms with Crippen molar-refractivity contribution in [2.75, 3.05) is 18.1 Å². The smallest absolute Gasteiger partial charge is 0.220 e. The fourth-order valence-corrected chi connectivity index (χ4v) is 5.23. The molecule has 0 spiro atoms. The summed E-state index contributed by atoms with van der Waals surface area (Å²) >= 11 is 0. The standard InChI is InChI=1S/C16H29NO3S/c1-16(2)8-4-3-5-14(16)11-15(18)17-12-13-6-9-21(19,20)10-7-13/h13-14H,3-12H2,1-2H3,(H,17,18). The maximum atomic E-state index is 12.1. The van der Waals surface area contributed by atoms with E-state index in [9.17, 15) is 13.2 Å². The molecule has 1 amide bonds. The zero-order valence-corrected chi connectivity index (χ0v) is 14.2. The van der Waals surface area contributed by atoms with Gasteiger partial charge in [-0.2, -0.15) is 0 Å². The van der Waals surface area contributed by atoms with Crippen LogP contribution >= 0.6 is 0 Å². The number of hydrogen-bond donors (Lipinski definition) is 1. The SMILES string of the molecule is CC1(C)CCCCC1CC(=O)NCC1CCS(=O)(=O)CC1. The van der Waals surface area contributed by atoms with Gasteiger partial charge < -0.3 is 5.32 Å². The van der Waals surface area contributed by atoms with Gasteiger partial charge in [0.1, 0.15) is 9.84 Å². The molecule has 2 rings (SSSR count). The van der Waals surface area contributed by atoms with E-state index in [4.69, 9.17) is 0 Å². The van der Waals surface area contributed by atoms with Crippen LogP contribution in [0.2, 0.25) is 0 Å². The second-order valence-corrected chi connectivity index (χ2v) is 9.84. The summed E-state index contributed by atoms with van der Waals surface area (Å²) in [6.07, 6.45) is 6.89. The highest BCUT2D eigenvalue weighted by molar-refractivity contribution is 7.91. The number of carbonyl (C=O) groups is 1. The number of amides is 1. The van der Waals surface area contributed by atoms with Crippen molar-refractivity contribution in [2.24, 2.45) is 17.3 Å². The number of nitrogens with one attached hydrogen (secondary N) is 1. The molecule has 1 saturated heterocycles. The normalized spacial score (nSPS) is 29.0. The van der Waals surface area contributed by atoms with Crippen molar-refractivity contribution in [2.45, 2.75) is 58.8 Å². The van der Waals surface area contributed by atoms with Crippen molar-refractivity contribution < 1.29 is 13.2 Å². The highest BCUT2D eigenvalue weighted by Gasteiger charge is 2.33. The van der Waals surface area contributed by atoms with E-state index in [2.05, 4.69) is 19.2 Å². The van der Waals surface area contributed by atoms with Crippen LogP contribution in [0.1, 0.15) is 58.8 Å². The van der Waals surface area contributed by atoms with Gasteiger partial charge in [-0.3, -0.25) is 4.79 Å². The van der Waals surface area contributed by atoms with Gasteiger partial charge in [-0.1, -0.05) is 26.7 Å². The fraction of sp³-hybridized carbons (Fsp3) is 0.938. The van der Waals surface area contributed by atoms with Crippen LogP contribution in [0.25, 0.3) is 0 Å². The van der Waals surface area contributed by atoms with E-state index in [1.807, 2.05) is 0 Å². The second kappa shape index (κ2) is 6.67. The Morgan fingerprint density at radius 1 is 1.14 bits per heavy atom. The molecule has 2 fully saturated rings. The molecule has 1 N–H and O–H groups in total. The van der Waals surface area contributed by atoms with Crippen LogP contribution in [-0.2, 0) is 14.6 Å². The van der Waals surface area contributed by atoms with Crippen LogP contribution in [0, 0.1) is 17.3 Å². The molecule has 1 aliphatic heterocycles. The van der Waals surface area contributed by atoms with Crippen LogP contribution in [0.4, 0.5) is 0 Å². The Kier molecular flexibility index (Phi) is 5.33. The Bertz CT molecular complexity index is 456. The number of rotatable bonds is 4. The van der Waals surface area contributed by atoms with E-state index in [1.165, 1.54) is 19.3 Å². The Labute approximate surface area is 129 Å². The van der Waals surface area contributed by atoms with Crippen molar-refractivity contribution in [3.8, 4) is 0 Å². The Hall–Kier alpha value is -0.580. The van der Waals surface area contributed by atoms with Crippen molar-refractivity contribution in [3.63, 3.8) is 0 Å². The molecule has 122 valence electrons. The minimum Gasteiger partial charge on any atom is -0.356 e. The summed E-state index contributed by atoms with van der Waals surface area (Å²) in [6, 6.07) is 0. The summed E-state index contributed by atoms with van der Waals surface area (Å²) in [7, 11) is -2.81.